The SMILES string of the molecule is CC(C)(C)n1ncc2c(=O)[nH]c(NCc3cn4cc(Br)ccc4n3)nc21. The Morgan fingerprint density at radius 2 is 2.04 bits per heavy atom. The van der Waals surface area contributed by atoms with E-state index in [0.717, 1.165) is 15.8 Å². The van der Waals surface area contributed by atoms with Gasteiger partial charge in [0.25, 0.3) is 5.56 Å². The lowest BCUT2D eigenvalue weighted by molar-refractivity contribution is 0.366. The van der Waals surface area contributed by atoms with Gasteiger partial charge in [0.05, 0.1) is 24.0 Å². The highest BCUT2D eigenvalue weighted by atomic mass is 79.9. The van der Waals surface area contributed by atoms with Gasteiger partial charge in [-0.3, -0.25) is 9.78 Å². The van der Waals surface area contributed by atoms with Crippen molar-refractivity contribution in [2.45, 2.75) is 32.9 Å². The Morgan fingerprint density at radius 1 is 1.23 bits per heavy atom. The smallest absolute Gasteiger partial charge is 0.263 e. The third kappa shape index (κ3) is 2.98. The minimum atomic E-state index is -0.269. The summed E-state index contributed by atoms with van der Waals surface area (Å²) in [5.41, 5.74) is 1.77. The van der Waals surface area contributed by atoms with Crippen LogP contribution in [-0.2, 0) is 12.1 Å². The minimum absolute atomic E-state index is 0.216. The van der Waals surface area contributed by atoms with Gasteiger partial charge in [0, 0.05) is 16.9 Å². The highest BCUT2D eigenvalue weighted by Gasteiger charge is 2.19. The lowest BCUT2D eigenvalue weighted by Gasteiger charge is -2.19. The molecule has 0 aliphatic heterocycles. The number of aromatic amines is 1. The van der Waals surface area contributed by atoms with Crippen LogP contribution in [0.25, 0.3) is 16.7 Å². The Labute approximate surface area is 157 Å². The molecule has 2 N–H and O–H groups in total. The van der Waals surface area contributed by atoms with Gasteiger partial charge >= 0.3 is 0 Å². The highest BCUT2D eigenvalue weighted by molar-refractivity contribution is 9.10. The molecular formula is C17H18BrN7O. The molecule has 134 valence electrons. The first-order chi connectivity index (χ1) is 12.3. The first-order valence-electron chi connectivity index (χ1n) is 8.17. The van der Waals surface area contributed by atoms with Gasteiger partial charge in [0.2, 0.25) is 5.95 Å². The zero-order valence-electron chi connectivity index (χ0n) is 14.6. The molecule has 0 saturated heterocycles. The van der Waals surface area contributed by atoms with Gasteiger partial charge in [0.1, 0.15) is 11.0 Å². The molecule has 8 nitrogen and oxygen atoms in total. The Hall–Kier alpha value is -2.68. The van der Waals surface area contributed by atoms with Gasteiger partial charge in [-0.05, 0) is 48.8 Å². The molecule has 0 aliphatic rings. The third-order valence-corrected chi connectivity index (χ3v) is 4.44. The van der Waals surface area contributed by atoms with Crippen LogP contribution in [0.1, 0.15) is 26.5 Å². The number of nitrogens with zero attached hydrogens (tertiary/aromatic N) is 5. The molecule has 0 spiro atoms. The third-order valence-electron chi connectivity index (χ3n) is 3.98. The van der Waals surface area contributed by atoms with Gasteiger partial charge in [0.15, 0.2) is 5.65 Å². The lowest BCUT2D eigenvalue weighted by Crippen LogP contribution is -2.24. The maximum absolute atomic E-state index is 12.3. The van der Waals surface area contributed by atoms with E-state index in [1.807, 2.05) is 49.7 Å². The predicted octanol–water partition coefficient (Wildman–Crippen LogP) is 2.90. The van der Waals surface area contributed by atoms with E-state index in [1.165, 1.54) is 0 Å². The maximum Gasteiger partial charge on any atom is 0.263 e. The largest absolute Gasteiger partial charge is 0.350 e. The van der Waals surface area contributed by atoms with Crippen molar-refractivity contribution in [1.29, 1.82) is 0 Å². The van der Waals surface area contributed by atoms with Crippen LogP contribution in [0.2, 0.25) is 0 Å². The number of rotatable bonds is 3. The normalized spacial score (nSPS) is 12.2. The second-order valence-electron chi connectivity index (χ2n) is 7.08. The van der Waals surface area contributed by atoms with Gasteiger partial charge < -0.3 is 9.72 Å². The zero-order chi connectivity index (χ0) is 18.5. The van der Waals surface area contributed by atoms with Gasteiger partial charge in [-0.15, -0.1) is 0 Å². The topological polar surface area (TPSA) is 92.9 Å². The Balaban J connectivity index is 1.65. The number of nitrogens with one attached hydrogen (secondary N) is 2. The number of imidazole rings is 1. The molecule has 4 rings (SSSR count). The Morgan fingerprint density at radius 3 is 2.81 bits per heavy atom. The van der Waals surface area contributed by atoms with Crippen LogP contribution in [0.15, 0.2) is 40.0 Å². The van der Waals surface area contributed by atoms with E-state index in [0.29, 0.717) is 23.5 Å². The molecule has 0 saturated carbocycles. The van der Waals surface area contributed by atoms with Crippen LogP contribution in [0.4, 0.5) is 5.95 Å². The molecule has 26 heavy (non-hydrogen) atoms. The fourth-order valence-corrected chi connectivity index (χ4v) is 3.12. The molecule has 4 heterocycles. The second kappa shape index (κ2) is 5.94. The predicted molar refractivity (Wildman–Crippen MR) is 103 cm³/mol. The van der Waals surface area contributed by atoms with Crippen molar-refractivity contribution in [3.63, 3.8) is 0 Å². The Kier molecular flexibility index (Phi) is 3.83. The van der Waals surface area contributed by atoms with E-state index in [4.69, 9.17) is 0 Å². The highest BCUT2D eigenvalue weighted by Crippen LogP contribution is 2.19. The number of anilines is 1. The standard InChI is InChI=1S/C17H18BrN7O/c1-17(2,3)25-14-12(7-20-25)15(26)23-16(22-14)19-6-11-9-24-8-10(18)4-5-13(24)21-11/h4-5,7-9H,6H2,1-3H3,(H2,19,22,23,26). The molecule has 0 unspecified atom stereocenters. The van der Waals surface area contributed by atoms with Crippen molar-refractivity contribution in [1.82, 2.24) is 29.1 Å². The number of hydrogen-bond donors (Lipinski definition) is 2. The van der Waals surface area contributed by atoms with Gasteiger partial charge in [-0.2, -0.15) is 10.1 Å². The summed E-state index contributed by atoms with van der Waals surface area (Å²) in [5, 5.41) is 7.93. The van der Waals surface area contributed by atoms with Crippen LogP contribution < -0.4 is 10.9 Å². The molecule has 0 aliphatic carbocycles. The molecule has 0 fully saturated rings. The van der Waals surface area contributed by atoms with E-state index >= 15 is 0 Å². The Bertz CT molecular complexity index is 1170. The van der Waals surface area contributed by atoms with Gasteiger partial charge in [-0.25, -0.2) is 9.67 Å². The zero-order valence-corrected chi connectivity index (χ0v) is 16.2. The van der Waals surface area contributed by atoms with E-state index in [1.54, 1.807) is 10.9 Å². The number of pyridine rings is 1. The second-order valence-corrected chi connectivity index (χ2v) is 7.99. The van der Waals surface area contributed by atoms with Crippen molar-refractivity contribution in [2.24, 2.45) is 0 Å². The number of halogens is 1. The van der Waals surface area contributed by atoms with Crippen LogP contribution in [0.3, 0.4) is 0 Å². The minimum Gasteiger partial charge on any atom is -0.350 e. The van der Waals surface area contributed by atoms with Crippen molar-refractivity contribution in [3.05, 3.63) is 51.2 Å². The summed E-state index contributed by atoms with van der Waals surface area (Å²) in [5.74, 6) is 0.395. The summed E-state index contributed by atoms with van der Waals surface area (Å²) in [6, 6.07) is 3.88. The van der Waals surface area contributed by atoms with Crippen molar-refractivity contribution < 1.29 is 0 Å². The van der Waals surface area contributed by atoms with E-state index in [2.05, 4.69) is 41.3 Å². The number of aromatic nitrogens is 6. The molecule has 4 aromatic rings. The fraction of sp³-hybridized carbons (Fsp3) is 0.294. The fourth-order valence-electron chi connectivity index (χ4n) is 2.77. The summed E-state index contributed by atoms with van der Waals surface area (Å²) in [4.78, 5) is 24.2. The van der Waals surface area contributed by atoms with Crippen molar-refractivity contribution >= 4 is 38.6 Å². The average molecular weight is 416 g/mol. The molecule has 4 aromatic heterocycles. The first kappa shape index (κ1) is 16.8. The summed E-state index contributed by atoms with van der Waals surface area (Å²) in [7, 11) is 0. The molecule has 0 amide bonds. The van der Waals surface area contributed by atoms with Crippen molar-refractivity contribution in [3.8, 4) is 0 Å². The quantitative estimate of drug-likeness (QED) is 0.536. The molecule has 9 heteroatoms. The number of hydrogen-bond acceptors (Lipinski definition) is 5. The molecule has 0 atom stereocenters. The maximum atomic E-state index is 12.3. The lowest BCUT2D eigenvalue weighted by atomic mass is 10.1. The van der Waals surface area contributed by atoms with E-state index in [9.17, 15) is 4.79 Å². The average Bonchev–Trinajstić information content (AvgIpc) is 3.15. The molecule has 0 bridgehead atoms. The first-order valence-corrected chi connectivity index (χ1v) is 8.96. The summed E-state index contributed by atoms with van der Waals surface area (Å²) >= 11 is 3.44. The molecule has 0 radical (unpaired) electrons. The van der Waals surface area contributed by atoms with E-state index < -0.39 is 0 Å². The van der Waals surface area contributed by atoms with Crippen molar-refractivity contribution in [2.75, 3.05) is 5.32 Å². The molecule has 0 aromatic carbocycles. The van der Waals surface area contributed by atoms with Crippen LogP contribution in [-0.4, -0.2) is 29.1 Å². The van der Waals surface area contributed by atoms with Gasteiger partial charge in [-0.1, -0.05) is 0 Å². The number of fused-ring (bicyclic) bond motifs is 2. The number of H-pyrrole nitrogens is 1. The van der Waals surface area contributed by atoms with Crippen LogP contribution in [0.5, 0.6) is 0 Å². The molecular weight excluding hydrogens is 398 g/mol. The van der Waals surface area contributed by atoms with Crippen LogP contribution >= 0.6 is 15.9 Å². The van der Waals surface area contributed by atoms with E-state index in [-0.39, 0.29) is 11.1 Å². The van der Waals surface area contributed by atoms with Crippen LogP contribution in [0, 0.1) is 0 Å². The monoisotopic (exact) mass is 415 g/mol. The summed E-state index contributed by atoms with van der Waals surface area (Å²) in [6.07, 6.45) is 5.43. The summed E-state index contributed by atoms with van der Waals surface area (Å²) < 4.78 is 4.68. The summed E-state index contributed by atoms with van der Waals surface area (Å²) in [6.45, 7) is 6.50.